The smallest absolute Gasteiger partial charge is 0.223 e. The fraction of sp³-hybridized carbons (Fsp3) is 0.941. The van der Waals surface area contributed by atoms with Crippen molar-refractivity contribution in [3.05, 3.63) is 0 Å². The second-order valence-electron chi connectivity index (χ2n) is 7.23. The minimum Gasteiger partial charge on any atom is -0.377 e. The number of nitrogens with zero attached hydrogens (tertiary/aromatic N) is 1. The summed E-state index contributed by atoms with van der Waals surface area (Å²) in [7, 11) is 0. The van der Waals surface area contributed by atoms with E-state index in [1.807, 2.05) is 0 Å². The first-order valence-electron chi connectivity index (χ1n) is 8.66. The first-order valence-corrected chi connectivity index (χ1v) is 8.66. The van der Waals surface area contributed by atoms with Crippen molar-refractivity contribution in [3.8, 4) is 0 Å². The fourth-order valence-electron chi connectivity index (χ4n) is 3.65. The second-order valence-corrected chi connectivity index (χ2v) is 7.23. The molecular formula is C17H33ClN2O2. The lowest BCUT2D eigenvalue weighted by Crippen LogP contribution is -2.50. The molecule has 3 atom stereocenters. The van der Waals surface area contributed by atoms with E-state index in [4.69, 9.17) is 4.74 Å². The third-order valence-electron chi connectivity index (χ3n) is 4.93. The lowest BCUT2D eigenvalue weighted by molar-refractivity contribution is -0.141. The highest BCUT2D eigenvalue weighted by Gasteiger charge is 2.30. The van der Waals surface area contributed by atoms with Crippen molar-refractivity contribution in [2.75, 3.05) is 32.8 Å². The predicted octanol–water partition coefficient (Wildman–Crippen LogP) is 2.71. The number of carbonyl (C=O) groups excluding carboxylic acids is 1. The van der Waals surface area contributed by atoms with Crippen molar-refractivity contribution in [3.63, 3.8) is 0 Å². The third kappa shape index (κ3) is 5.71. The molecule has 0 aromatic carbocycles. The van der Waals surface area contributed by atoms with Crippen LogP contribution in [0.2, 0.25) is 0 Å². The molecule has 1 amide bonds. The summed E-state index contributed by atoms with van der Waals surface area (Å²) in [6.45, 7) is 11.1. The molecule has 2 rings (SSSR count). The Morgan fingerprint density at radius 2 is 2.14 bits per heavy atom. The molecule has 2 heterocycles. The van der Waals surface area contributed by atoms with Gasteiger partial charge in [0.15, 0.2) is 0 Å². The Morgan fingerprint density at radius 1 is 1.36 bits per heavy atom. The van der Waals surface area contributed by atoms with Crippen LogP contribution in [-0.2, 0) is 9.53 Å². The number of hydrogen-bond acceptors (Lipinski definition) is 3. The van der Waals surface area contributed by atoms with E-state index in [-0.39, 0.29) is 18.4 Å². The van der Waals surface area contributed by atoms with Gasteiger partial charge in [0, 0.05) is 13.0 Å². The molecule has 2 fully saturated rings. The van der Waals surface area contributed by atoms with Gasteiger partial charge in [-0.3, -0.25) is 4.79 Å². The Balaban J connectivity index is 0.00000242. The van der Waals surface area contributed by atoms with Gasteiger partial charge in [0.05, 0.1) is 19.3 Å². The summed E-state index contributed by atoms with van der Waals surface area (Å²) in [5, 5.41) is 3.46. The highest BCUT2D eigenvalue weighted by atomic mass is 35.5. The quantitative estimate of drug-likeness (QED) is 0.841. The van der Waals surface area contributed by atoms with Crippen LogP contribution in [0.3, 0.4) is 0 Å². The van der Waals surface area contributed by atoms with Crippen LogP contribution < -0.4 is 5.32 Å². The molecule has 130 valence electrons. The van der Waals surface area contributed by atoms with Gasteiger partial charge in [-0.15, -0.1) is 12.4 Å². The van der Waals surface area contributed by atoms with Crippen LogP contribution in [-0.4, -0.2) is 49.7 Å². The molecule has 2 aliphatic rings. The molecule has 3 unspecified atom stereocenters. The molecule has 5 heteroatoms. The van der Waals surface area contributed by atoms with E-state index in [0.717, 1.165) is 26.1 Å². The molecule has 2 aliphatic heterocycles. The fourth-order valence-corrected chi connectivity index (χ4v) is 3.65. The summed E-state index contributed by atoms with van der Waals surface area (Å²) in [5.41, 5.74) is 0. The van der Waals surface area contributed by atoms with Crippen molar-refractivity contribution in [2.45, 2.75) is 52.5 Å². The molecule has 0 spiro atoms. The standard InChI is InChI=1S/C17H32N2O2.ClH/c1-13(2)9-16-12-21-8-7-19(16)17(20)10-14(3)15-5-4-6-18-11-15;/h13-16,18H,4-12H2,1-3H3;1H. The summed E-state index contributed by atoms with van der Waals surface area (Å²) >= 11 is 0. The number of rotatable bonds is 5. The third-order valence-corrected chi connectivity index (χ3v) is 4.93. The number of morpholine rings is 1. The zero-order valence-corrected chi connectivity index (χ0v) is 15.2. The number of hydrogen-bond donors (Lipinski definition) is 1. The van der Waals surface area contributed by atoms with Crippen LogP contribution in [0.15, 0.2) is 0 Å². The maximum Gasteiger partial charge on any atom is 0.223 e. The molecule has 22 heavy (non-hydrogen) atoms. The summed E-state index contributed by atoms with van der Waals surface area (Å²) in [5.74, 6) is 2.08. The van der Waals surface area contributed by atoms with Gasteiger partial charge in [-0.2, -0.15) is 0 Å². The summed E-state index contributed by atoms with van der Waals surface area (Å²) < 4.78 is 5.58. The van der Waals surface area contributed by atoms with Crippen molar-refractivity contribution >= 4 is 18.3 Å². The van der Waals surface area contributed by atoms with Gasteiger partial charge in [0.2, 0.25) is 5.91 Å². The Kier molecular flexibility index (Phi) is 8.73. The average Bonchev–Trinajstić information content (AvgIpc) is 2.48. The topological polar surface area (TPSA) is 41.6 Å². The van der Waals surface area contributed by atoms with E-state index in [0.29, 0.717) is 43.3 Å². The van der Waals surface area contributed by atoms with E-state index < -0.39 is 0 Å². The predicted molar refractivity (Wildman–Crippen MR) is 92.4 cm³/mol. The molecule has 4 nitrogen and oxygen atoms in total. The van der Waals surface area contributed by atoms with Gasteiger partial charge in [0.1, 0.15) is 0 Å². The maximum absolute atomic E-state index is 12.7. The van der Waals surface area contributed by atoms with Crippen LogP contribution in [0.25, 0.3) is 0 Å². The molecule has 0 aliphatic carbocycles. The van der Waals surface area contributed by atoms with Crippen molar-refractivity contribution in [1.82, 2.24) is 10.2 Å². The largest absolute Gasteiger partial charge is 0.377 e. The molecule has 0 aromatic heterocycles. The van der Waals surface area contributed by atoms with Crippen LogP contribution in [0.5, 0.6) is 0 Å². The molecule has 1 N–H and O–H groups in total. The van der Waals surface area contributed by atoms with E-state index >= 15 is 0 Å². The minimum absolute atomic E-state index is 0. The molecule has 2 saturated heterocycles. The van der Waals surface area contributed by atoms with E-state index in [9.17, 15) is 4.79 Å². The molecule has 0 aromatic rings. The first kappa shape index (κ1) is 19.7. The van der Waals surface area contributed by atoms with E-state index in [1.165, 1.54) is 12.8 Å². The number of nitrogens with one attached hydrogen (secondary N) is 1. The van der Waals surface area contributed by atoms with Gasteiger partial charge in [0.25, 0.3) is 0 Å². The summed E-state index contributed by atoms with van der Waals surface area (Å²) in [6, 6.07) is 0.280. The molecule has 0 radical (unpaired) electrons. The Bertz CT molecular complexity index is 333. The zero-order valence-electron chi connectivity index (χ0n) is 14.3. The van der Waals surface area contributed by atoms with Gasteiger partial charge >= 0.3 is 0 Å². The first-order chi connectivity index (χ1) is 10.1. The number of amides is 1. The Morgan fingerprint density at radius 3 is 2.77 bits per heavy atom. The van der Waals surface area contributed by atoms with Crippen LogP contribution in [0.4, 0.5) is 0 Å². The van der Waals surface area contributed by atoms with E-state index in [2.05, 4.69) is 31.0 Å². The molecule has 0 bridgehead atoms. The summed E-state index contributed by atoms with van der Waals surface area (Å²) in [4.78, 5) is 14.8. The Hall–Kier alpha value is -0.320. The molecule has 0 saturated carbocycles. The normalized spacial score (nSPS) is 27.4. The van der Waals surface area contributed by atoms with Crippen LogP contribution in [0, 0.1) is 17.8 Å². The van der Waals surface area contributed by atoms with Crippen LogP contribution in [0.1, 0.15) is 46.5 Å². The van der Waals surface area contributed by atoms with Crippen molar-refractivity contribution < 1.29 is 9.53 Å². The van der Waals surface area contributed by atoms with Crippen molar-refractivity contribution in [1.29, 1.82) is 0 Å². The van der Waals surface area contributed by atoms with Gasteiger partial charge in [-0.1, -0.05) is 20.8 Å². The SMILES string of the molecule is CC(C)CC1COCCN1C(=O)CC(C)C1CCCNC1.Cl. The zero-order chi connectivity index (χ0) is 15.2. The number of ether oxygens (including phenoxy) is 1. The highest BCUT2D eigenvalue weighted by Crippen LogP contribution is 2.25. The number of halogens is 1. The number of carbonyl (C=O) groups is 1. The monoisotopic (exact) mass is 332 g/mol. The van der Waals surface area contributed by atoms with Crippen molar-refractivity contribution in [2.24, 2.45) is 17.8 Å². The second kappa shape index (κ2) is 9.74. The lowest BCUT2D eigenvalue weighted by atomic mass is 9.85. The van der Waals surface area contributed by atoms with Gasteiger partial charge in [-0.25, -0.2) is 0 Å². The lowest BCUT2D eigenvalue weighted by Gasteiger charge is -2.38. The highest BCUT2D eigenvalue weighted by molar-refractivity contribution is 5.85. The minimum atomic E-state index is 0. The van der Waals surface area contributed by atoms with Gasteiger partial charge in [-0.05, 0) is 50.1 Å². The average molecular weight is 333 g/mol. The van der Waals surface area contributed by atoms with E-state index in [1.54, 1.807) is 0 Å². The van der Waals surface area contributed by atoms with Gasteiger partial charge < -0.3 is 15.0 Å². The Labute approximate surface area is 141 Å². The maximum atomic E-state index is 12.7. The van der Waals surface area contributed by atoms with Crippen LogP contribution >= 0.6 is 12.4 Å². The molecular weight excluding hydrogens is 300 g/mol. The number of piperidine rings is 1. The summed E-state index contributed by atoms with van der Waals surface area (Å²) in [6.07, 6.45) is 4.25.